The summed E-state index contributed by atoms with van der Waals surface area (Å²) in [5.74, 6) is -0.392. The van der Waals surface area contributed by atoms with Crippen molar-refractivity contribution in [2.75, 3.05) is 13.1 Å². The van der Waals surface area contributed by atoms with Gasteiger partial charge in [-0.2, -0.15) is 0 Å². The summed E-state index contributed by atoms with van der Waals surface area (Å²) in [5.41, 5.74) is 2.08. The lowest BCUT2D eigenvalue weighted by molar-refractivity contribution is -0.128. The van der Waals surface area contributed by atoms with E-state index in [4.69, 9.17) is 16.8 Å². The van der Waals surface area contributed by atoms with Crippen molar-refractivity contribution in [1.29, 1.82) is 0 Å². The molecule has 0 atom stereocenters. The molecule has 1 rings (SSSR count). The summed E-state index contributed by atoms with van der Waals surface area (Å²) in [7, 11) is 0. The molecule has 0 unspecified atom stereocenters. The van der Waals surface area contributed by atoms with Crippen molar-refractivity contribution in [1.82, 2.24) is 10.8 Å². The molecule has 19 heavy (non-hydrogen) atoms. The average Bonchev–Trinajstić information content (AvgIpc) is 2.44. The Balaban J connectivity index is 0.000000342. The summed E-state index contributed by atoms with van der Waals surface area (Å²) in [5, 5.41) is 11.4. The number of hydrogen-bond acceptors (Lipinski definition) is 4. The molecule has 0 heterocycles. The summed E-state index contributed by atoms with van der Waals surface area (Å²) in [6.45, 7) is 3.09. The first-order chi connectivity index (χ1) is 9.15. The van der Waals surface area contributed by atoms with Crippen LogP contribution in [0.2, 0.25) is 5.02 Å². The molecule has 0 spiro atoms. The minimum absolute atomic E-state index is 0.191. The SMILES string of the molecule is CCCCNCC(=O)NO.O=Cc1ccccc1Cl. The molecule has 5 nitrogen and oxygen atoms in total. The molecule has 3 N–H and O–H groups in total. The molecule has 106 valence electrons. The topological polar surface area (TPSA) is 78.4 Å². The Bertz CT molecular complexity index is 386. The maximum absolute atomic E-state index is 10.4. The van der Waals surface area contributed by atoms with Crippen LogP contribution in [0, 0.1) is 0 Å². The monoisotopic (exact) mass is 286 g/mol. The van der Waals surface area contributed by atoms with Crippen LogP contribution < -0.4 is 10.8 Å². The lowest BCUT2D eigenvalue weighted by Crippen LogP contribution is -2.32. The Morgan fingerprint density at radius 3 is 2.58 bits per heavy atom. The number of unbranched alkanes of at least 4 members (excludes halogenated alkanes) is 1. The molecule has 0 saturated carbocycles. The molecule has 1 amide bonds. The highest BCUT2D eigenvalue weighted by Gasteiger charge is 1.94. The van der Waals surface area contributed by atoms with Gasteiger partial charge in [0, 0.05) is 5.56 Å². The van der Waals surface area contributed by atoms with Crippen LogP contribution in [-0.4, -0.2) is 30.5 Å². The van der Waals surface area contributed by atoms with Gasteiger partial charge in [-0.15, -0.1) is 0 Å². The quantitative estimate of drug-likeness (QED) is 0.324. The highest BCUT2D eigenvalue weighted by atomic mass is 35.5. The van der Waals surface area contributed by atoms with Crippen molar-refractivity contribution in [2.24, 2.45) is 0 Å². The maximum Gasteiger partial charge on any atom is 0.257 e. The predicted molar refractivity (Wildman–Crippen MR) is 74.5 cm³/mol. The highest BCUT2D eigenvalue weighted by Crippen LogP contribution is 2.11. The Kier molecular flexibility index (Phi) is 10.8. The Hall–Kier alpha value is -1.43. The third-order valence-electron chi connectivity index (χ3n) is 2.15. The molecule has 6 heteroatoms. The second-order valence-corrected chi connectivity index (χ2v) is 4.11. The van der Waals surface area contributed by atoms with Gasteiger partial charge in [0.1, 0.15) is 0 Å². The Morgan fingerprint density at radius 2 is 2.11 bits per heavy atom. The van der Waals surface area contributed by atoms with Crippen LogP contribution in [0.4, 0.5) is 0 Å². The number of hydroxylamine groups is 1. The summed E-state index contributed by atoms with van der Waals surface area (Å²) in [6, 6.07) is 6.92. The minimum Gasteiger partial charge on any atom is -0.308 e. The Morgan fingerprint density at radius 1 is 1.42 bits per heavy atom. The van der Waals surface area contributed by atoms with E-state index in [0.29, 0.717) is 10.6 Å². The van der Waals surface area contributed by atoms with Crippen LogP contribution in [-0.2, 0) is 4.79 Å². The van der Waals surface area contributed by atoms with Gasteiger partial charge in [0.15, 0.2) is 6.29 Å². The zero-order chi connectivity index (χ0) is 14.5. The molecule has 0 radical (unpaired) electrons. The highest BCUT2D eigenvalue weighted by molar-refractivity contribution is 6.32. The van der Waals surface area contributed by atoms with Gasteiger partial charge >= 0.3 is 0 Å². The number of hydrogen-bond donors (Lipinski definition) is 3. The predicted octanol–water partition coefficient (Wildman–Crippen LogP) is 2.03. The molecule has 0 bridgehead atoms. The average molecular weight is 287 g/mol. The van der Waals surface area contributed by atoms with Crippen molar-refractivity contribution in [3.05, 3.63) is 34.9 Å². The molecular formula is C13H19ClN2O3. The summed E-state index contributed by atoms with van der Waals surface area (Å²) >= 11 is 5.59. The molecule has 0 fully saturated rings. The van der Waals surface area contributed by atoms with Gasteiger partial charge in [0.2, 0.25) is 0 Å². The van der Waals surface area contributed by atoms with Gasteiger partial charge in [-0.25, -0.2) is 5.48 Å². The Labute approximate surface area is 117 Å². The first-order valence-electron chi connectivity index (χ1n) is 5.99. The minimum atomic E-state index is -0.392. The lowest BCUT2D eigenvalue weighted by atomic mass is 10.2. The van der Waals surface area contributed by atoms with Gasteiger partial charge in [-0.05, 0) is 19.0 Å². The third kappa shape index (κ3) is 9.18. The van der Waals surface area contributed by atoms with E-state index in [1.54, 1.807) is 29.7 Å². The summed E-state index contributed by atoms with van der Waals surface area (Å²) in [4.78, 5) is 20.5. The number of benzene rings is 1. The van der Waals surface area contributed by atoms with Gasteiger partial charge in [0.25, 0.3) is 5.91 Å². The van der Waals surface area contributed by atoms with E-state index in [1.165, 1.54) is 0 Å². The smallest absolute Gasteiger partial charge is 0.257 e. The van der Waals surface area contributed by atoms with E-state index in [0.717, 1.165) is 25.7 Å². The van der Waals surface area contributed by atoms with Crippen molar-refractivity contribution in [3.8, 4) is 0 Å². The number of nitrogens with one attached hydrogen (secondary N) is 2. The largest absolute Gasteiger partial charge is 0.308 e. The molecule has 1 aromatic carbocycles. The molecule has 0 saturated heterocycles. The fourth-order valence-electron chi connectivity index (χ4n) is 1.11. The molecular weight excluding hydrogens is 268 g/mol. The first kappa shape index (κ1) is 17.6. The van der Waals surface area contributed by atoms with Crippen LogP contribution in [0.25, 0.3) is 0 Å². The zero-order valence-corrected chi connectivity index (χ0v) is 11.6. The van der Waals surface area contributed by atoms with E-state index in [9.17, 15) is 9.59 Å². The van der Waals surface area contributed by atoms with E-state index in [-0.39, 0.29) is 6.54 Å². The first-order valence-corrected chi connectivity index (χ1v) is 6.36. The second kappa shape index (κ2) is 11.6. The standard InChI is InChI=1S/C7H5ClO.C6H14N2O2/c8-7-4-2-1-3-6(7)5-9;1-2-3-4-7-5-6(9)8-10/h1-5H;7,10H,2-5H2,1H3,(H,8,9). The van der Waals surface area contributed by atoms with Gasteiger partial charge in [0.05, 0.1) is 11.6 Å². The van der Waals surface area contributed by atoms with Crippen molar-refractivity contribution >= 4 is 23.8 Å². The fraction of sp³-hybridized carbons (Fsp3) is 0.385. The van der Waals surface area contributed by atoms with Crippen molar-refractivity contribution < 1.29 is 14.8 Å². The second-order valence-electron chi connectivity index (χ2n) is 3.70. The molecule has 0 aliphatic rings. The molecule has 0 aliphatic heterocycles. The van der Waals surface area contributed by atoms with Gasteiger partial charge in [-0.1, -0.05) is 43.1 Å². The number of carbonyl (C=O) groups excluding carboxylic acids is 2. The van der Waals surface area contributed by atoms with Crippen LogP contribution in [0.1, 0.15) is 30.1 Å². The zero-order valence-electron chi connectivity index (χ0n) is 10.9. The van der Waals surface area contributed by atoms with Crippen LogP contribution >= 0.6 is 11.6 Å². The van der Waals surface area contributed by atoms with Crippen molar-refractivity contribution in [3.63, 3.8) is 0 Å². The maximum atomic E-state index is 10.4. The van der Waals surface area contributed by atoms with Gasteiger partial charge in [-0.3, -0.25) is 14.8 Å². The number of halogens is 1. The van der Waals surface area contributed by atoms with Gasteiger partial charge < -0.3 is 5.32 Å². The van der Waals surface area contributed by atoms with Crippen LogP contribution in [0.15, 0.2) is 24.3 Å². The van der Waals surface area contributed by atoms with Crippen LogP contribution in [0.5, 0.6) is 0 Å². The number of amides is 1. The molecule has 1 aromatic rings. The fourth-order valence-corrected chi connectivity index (χ4v) is 1.29. The van der Waals surface area contributed by atoms with E-state index >= 15 is 0 Å². The lowest BCUT2D eigenvalue weighted by Gasteiger charge is -2.00. The summed E-state index contributed by atoms with van der Waals surface area (Å²) < 4.78 is 0. The van der Waals surface area contributed by atoms with E-state index in [2.05, 4.69) is 12.2 Å². The third-order valence-corrected chi connectivity index (χ3v) is 2.49. The number of rotatable bonds is 6. The molecule has 0 aromatic heterocycles. The molecule has 0 aliphatic carbocycles. The van der Waals surface area contributed by atoms with E-state index in [1.807, 2.05) is 0 Å². The number of carbonyl (C=O) groups is 2. The normalized spacial score (nSPS) is 9.21. The van der Waals surface area contributed by atoms with Crippen molar-refractivity contribution in [2.45, 2.75) is 19.8 Å². The van der Waals surface area contributed by atoms with Crippen LogP contribution in [0.3, 0.4) is 0 Å². The number of aldehydes is 1. The van der Waals surface area contributed by atoms with E-state index < -0.39 is 5.91 Å². The summed E-state index contributed by atoms with van der Waals surface area (Å²) in [6.07, 6.45) is 2.90.